The number of hydrogen-bond donors (Lipinski definition) is 0. The van der Waals surface area contributed by atoms with Crippen LogP contribution in [0.4, 0.5) is 0 Å². The first-order valence-corrected chi connectivity index (χ1v) is 6.68. The minimum absolute atomic E-state index is 0.0727. The van der Waals surface area contributed by atoms with Gasteiger partial charge in [0.25, 0.3) is 5.56 Å². The molecule has 0 aliphatic heterocycles. The molecule has 0 bridgehead atoms. The van der Waals surface area contributed by atoms with Gasteiger partial charge in [-0.1, -0.05) is 46.3 Å². The highest BCUT2D eigenvalue weighted by Gasteiger charge is 2.09. The number of aryl methyl sites for hydroxylation is 1. The van der Waals surface area contributed by atoms with E-state index in [0.717, 1.165) is 21.1 Å². The quantitative estimate of drug-likeness (QED) is 0.690. The lowest BCUT2D eigenvalue weighted by Gasteiger charge is -2.08. The zero-order valence-electron chi connectivity index (χ0n) is 10.3. The molecule has 0 aliphatic rings. The molecule has 0 atom stereocenters. The summed E-state index contributed by atoms with van der Waals surface area (Å²) in [5.74, 6) is 0. The topological polar surface area (TPSA) is 34.9 Å². The molecule has 1 heterocycles. The van der Waals surface area contributed by atoms with Gasteiger partial charge in [0.2, 0.25) is 0 Å². The van der Waals surface area contributed by atoms with Gasteiger partial charge in [0.05, 0.1) is 11.1 Å². The van der Waals surface area contributed by atoms with Gasteiger partial charge in [-0.25, -0.2) is 4.68 Å². The lowest BCUT2D eigenvalue weighted by atomic mass is 10.1. The Balaban J connectivity index is 2.38. The summed E-state index contributed by atoms with van der Waals surface area (Å²) in [7, 11) is 1.68. The summed E-state index contributed by atoms with van der Waals surface area (Å²) in [5, 5.41) is 5.96. The van der Waals surface area contributed by atoms with E-state index in [1.807, 2.05) is 48.5 Å². The van der Waals surface area contributed by atoms with Crippen LogP contribution < -0.4 is 5.56 Å². The molecular weight excluding hydrogens is 304 g/mol. The Bertz CT molecular complexity index is 806. The van der Waals surface area contributed by atoms with Crippen LogP contribution in [0.3, 0.4) is 0 Å². The minimum atomic E-state index is -0.0727. The highest BCUT2D eigenvalue weighted by atomic mass is 79.9. The minimum Gasteiger partial charge on any atom is -0.267 e. The number of fused-ring (bicyclic) bond motifs is 1. The predicted octanol–water partition coefficient (Wildman–Crippen LogP) is 3.36. The molecule has 0 saturated heterocycles. The number of hydrogen-bond acceptors (Lipinski definition) is 2. The average molecular weight is 315 g/mol. The fourth-order valence-corrected chi connectivity index (χ4v) is 2.39. The van der Waals surface area contributed by atoms with Crippen LogP contribution >= 0.6 is 15.9 Å². The maximum absolute atomic E-state index is 12.1. The fourth-order valence-electron chi connectivity index (χ4n) is 2.12. The van der Waals surface area contributed by atoms with Crippen molar-refractivity contribution >= 4 is 26.7 Å². The lowest BCUT2D eigenvalue weighted by Crippen LogP contribution is -2.20. The largest absolute Gasteiger partial charge is 0.274 e. The molecule has 0 spiro atoms. The van der Waals surface area contributed by atoms with Gasteiger partial charge in [0.15, 0.2) is 0 Å². The maximum Gasteiger partial charge on any atom is 0.274 e. The van der Waals surface area contributed by atoms with Gasteiger partial charge in [0.1, 0.15) is 0 Å². The molecule has 0 aliphatic carbocycles. The third kappa shape index (κ3) is 2.08. The number of halogens is 1. The van der Waals surface area contributed by atoms with Crippen molar-refractivity contribution in [2.75, 3.05) is 0 Å². The highest BCUT2D eigenvalue weighted by molar-refractivity contribution is 9.10. The van der Waals surface area contributed by atoms with Crippen molar-refractivity contribution in [1.29, 1.82) is 0 Å². The summed E-state index contributed by atoms with van der Waals surface area (Å²) in [6, 6.07) is 15.5. The van der Waals surface area contributed by atoms with Gasteiger partial charge >= 0.3 is 0 Å². The van der Waals surface area contributed by atoms with Gasteiger partial charge in [-0.15, -0.1) is 0 Å². The summed E-state index contributed by atoms with van der Waals surface area (Å²) in [6.07, 6.45) is 0. The van der Waals surface area contributed by atoms with Crippen molar-refractivity contribution < 1.29 is 0 Å². The Hall–Kier alpha value is -1.94. The molecule has 1 aromatic heterocycles. The third-order valence-corrected chi connectivity index (χ3v) is 3.60. The second-order valence-corrected chi connectivity index (χ2v) is 5.25. The average Bonchev–Trinajstić information content (AvgIpc) is 2.44. The number of aromatic nitrogens is 2. The molecule has 0 radical (unpaired) electrons. The van der Waals surface area contributed by atoms with Crippen LogP contribution in [0.25, 0.3) is 22.0 Å². The van der Waals surface area contributed by atoms with E-state index < -0.39 is 0 Å². The standard InChI is InChI=1S/C15H11BrN2O/c1-18-15(19)13-5-3-2-4-12(13)14(17-18)10-6-8-11(16)9-7-10/h2-9H,1H3. The highest BCUT2D eigenvalue weighted by Crippen LogP contribution is 2.25. The number of benzene rings is 2. The fraction of sp³-hybridized carbons (Fsp3) is 0.0667. The molecule has 3 rings (SSSR count). The van der Waals surface area contributed by atoms with Crippen molar-refractivity contribution in [3.8, 4) is 11.3 Å². The second kappa shape index (κ2) is 4.63. The van der Waals surface area contributed by atoms with Crippen molar-refractivity contribution in [2.24, 2.45) is 7.05 Å². The SMILES string of the molecule is Cn1nc(-c2ccc(Br)cc2)c2ccccc2c1=O. The van der Waals surface area contributed by atoms with Gasteiger partial charge in [-0.2, -0.15) is 5.10 Å². The van der Waals surface area contributed by atoms with Crippen molar-refractivity contribution in [1.82, 2.24) is 9.78 Å². The monoisotopic (exact) mass is 314 g/mol. The van der Waals surface area contributed by atoms with Crippen molar-refractivity contribution in [3.63, 3.8) is 0 Å². The van der Waals surface area contributed by atoms with Gasteiger partial charge < -0.3 is 0 Å². The molecule has 3 nitrogen and oxygen atoms in total. The van der Waals surface area contributed by atoms with Crippen molar-refractivity contribution in [3.05, 3.63) is 63.4 Å². The molecule has 0 amide bonds. The molecule has 0 saturated carbocycles. The van der Waals surface area contributed by atoms with Crippen LogP contribution in [0, 0.1) is 0 Å². The van der Waals surface area contributed by atoms with E-state index >= 15 is 0 Å². The van der Waals surface area contributed by atoms with Crippen molar-refractivity contribution in [2.45, 2.75) is 0 Å². The van der Waals surface area contributed by atoms with E-state index in [-0.39, 0.29) is 5.56 Å². The van der Waals surface area contributed by atoms with Crippen LogP contribution in [0.5, 0.6) is 0 Å². The molecule has 94 valence electrons. The number of nitrogens with zero attached hydrogens (tertiary/aromatic N) is 2. The molecule has 0 fully saturated rings. The summed E-state index contributed by atoms with van der Waals surface area (Å²) in [6.45, 7) is 0. The first-order valence-electron chi connectivity index (χ1n) is 5.89. The zero-order valence-corrected chi connectivity index (χ0v) is 11.9. The Labute approximate surface area is 118 Å². The Morgan fingerprint density at radius 1 is 1.00 bits per heavy atom. The smallest absolute Gasteiger partial charge is 0.267 e. The van der Waals surface area contributed by atoms with Gasteiger partial charge in [-0.05, 0) is 18.2 Å². The van der Waals surface area contributed by atoms with E-state index in [1.54, 1.807) is 7.05 Å². The van der Waals surface area contributed by atoms with Crippen LogP contribution in [0.2, 0.25) is 0 Å². The summed E-state index contributed by atoms with van der Waals surface area (Å²) in [5.41, 5.74) is 1.75. The van der Waals surface area contributed by atoms with Gasteiger partial charge in [-0.3, -0.25) is 4.79 Å². The first-order chi connectivity index (χ1) is 9.16. The van der Waals surface area contributed by atoms with E-state index in [0.29, 0.717) is 5.39 Å². The summed E-state index contributed by atoms with van der Waals surface area (Å²) < 4.78 is 2.41. The molecule has 19 heavy (non-hydrogen) atoms. The molecule has 0 N–H and O–H groups in total. The molecule has 0 unspecified atom stereocenters. The van der Waals surface area contributed by atoms with Crippen LogP contribution in [0.1, 0.15) is 0 Å². The van der Waals surface area contributed by atoms with Crippen LogP contribution in [0.15, 0.2) is 57.8 Å². The Morgan fingerprint density at radius 2 is 1.63 bits per heavy atom. The first kappa shape index (κ1) is 12.1. The summed E-state index contributed by atoms with van der Waals surface area (Å²) in [4.78, 5) is 12.1. The lowest BCUT2D eigenvalue weighted by molar-refractivity contribution is 0.722. The van der Waals surface area contributed by atoms with E-state index in [9.17, 15) is 4.79 Å². The normalized spacial score (nSPS) is 10.8. The molecule has 3 aromatic rings. The molecule has 2 aromatic carbocycles. The van der Waals surface area contributed by atoms with E-state index in [4.69, 9.17) is 0 Å². The molecule has 4 heteroatoms. The van der Waals surface area contributed by atoms with Crippen LogP contribution in [-0.2, 0) is 7.05 Å². The predicted molar refractivity (Wildman–Crippen MR) is 80.1 cm³/mol. The van der Waals surface area contributed by atoms with E-state index in [2.05, 4.69) is 21.0 Å². The second-order valence-electron chi connectivity index (χ2n) is 4.33. The Morgan fingerprint density at radius 3 is 2.32 bits per heavy atom. The third-order valence-electron chi connectivity index (χ3n) is 3.07. The Kier molecular flexibility index (Phi) is 2.95. The number of rotatable bonds is 1. The molecular formula is C15H11BrN2O. The maximum atomic E-state index is 12.1. The van der Waals surface area contributed by atoms with Gasteiger partial charge in [0, 0.05) is 22.5 Å². The van der Waals surface area contributed by atoms with Crippen LogP contribution in [-0.4, -0.2) is 9.78 Å². The van der Waals surface area contributed by atoms with E-state index in [1.165, 1.54) is 4.68 Å². The zero-order chi connectivity index (χ0) is 13.4. The summed E-state index contributed by atoms with van der Waals surface area (Å²) >= 11 is 3.42.